The maximum absolute atomic E-state index is 11.9. The van der Waals surface area contributed by atoms with Crippen LogP contribution < -0.4 is 0 Å². The number of hydrogen-bond donors (Lipinski definition) is 0. The van der Waals surface area contributed by atoms with E-state index in [-0.39, 0.29) is 18.0 Å². The minimum Gasteiger partial charge on any atom is -0.466 e. The highest BCUT2D eigenvalue weighted by Gasteiger charge is 2.24. The average molecular weight is 355 g/mol. The zero-order valence-electron chi connectivity index (χ0n) is 16.4. The summed E-state index contributed by atoms with van der Waals surface area (Å²) in [4.78, 5) is 23.5. The summed E-state index contributed by atoms with van der Waals surface area (Å²) in [5.41, 5.74) is 0. The first kappa shape index (κ1) is 22.0. The van der Waals surface area contributed by atoms with Crippen LogP contribution in [0.2, 0.25) is 0 Å². The van der Waals surface area contributed by atoms with Gasteiger partial charge in [0.05, 0.1) is 6.61 Å². The second kappa shape index (κ2) is 14.1. The summed E-state index contributed by atoms with van der Waals surface area (Å²) in [5.74, 6) is 0.233. The molecule has 0 aromatic heterocycles. The molecule has 0 radical (unpaired) electrons. The van der Waals surface area contributed by atoms with Crippen molar-refractivity contribution in [3.05, 3.63) is 0 Å². The van der Waals surface area contributed by atoms with Gasteiger partial charge in [0.25, 0.3) is 0 Å². The Morgan fingerprint density at radius 2 is 1.48 bits per heavy atom. The van der Waals surface area contributed by atoms with Gasteiger partial charge in [-0.2, -0.15) is 0 Å². The van der Waals surface area contributed by atoms with Gasteiger partial charge in [-0.05, 0) is 44.4 Å². The standard InChI is InChI=1S/C21H38O4/c1-3-4-5-6-7-12-17-24-20(22)15-10-11-16-21(23)25-19-14-9-8-13-18(19)2/h18-19H,3-17H2,1-2H3. The first-order valence-electron chi connectivity index (χ1n) is 10.5. The van der Waals surface area contributed by atoms with E-state index in [9.17, 15) is 9.59 Å². The number of ether oxygens (including phenoxy) is 2. The molecule has 1 saturated carbocycles. The Labute approximate surface area is 154 Å². The van der Waals surface area contributed by atoms with Gasteiger partial charge in [0, 0.05) is 12.8 Å². The molecule has 2 unspecified atom stereocenters. The van der Waals surface area contributed by atoms with Gasteiger partial charge in [-0.3, -0.25) is 9.59 Å². The fourth-order valence-corrected chi connectivity index (χ4v) is 3.36. The third-order valence-corrected chi connectivity index (χ3v) is 5.09. The second-order valence-corrected chi connectivity index (χ2v) is 7.49. The number of carbonyl (C=O) groups excluding carboxylic acids is 2. The van der Waals surface area contributed by atoms with E-state index < -0.39 is 0 Å². The van der Waals surface area contributed by atoms with Crippen LogP contribution in [0.5, 0.6) is 0 Å². The van der Waals surface area contributed by atoms with Crippen molar-refractivity contribution in [2.45, 2.75) is 110 Å². The first-order chi connectivity index (χ1) is 12.1. The summed E-state index contributed by atoms with van der Waals surface area (Å²) in [7, 11) is 0. The number of rotatable bonds is 13. The highest BCUT2D eigenvalue weighted by atomic mass is 16.5. The summed E-state index contributed by atoms with van der Waals surface area (Å²) in [5, 5.41) is 0. The summed E-state index contributed by atoms with van der Waals surface area (Å²) < 4.78 is 10.8. The molecule has 4 heteroatoms. The van der Waals surface area contributed by atoms with Crippen molar-refractivity contribution < 1.29 is 19.1 Å². The fourth-order valence-electron chi connectivity index (χ4n) is 3.36. The molecular formula is C21H38O4. The minimum atomic E-state index is -0.136. The zero-order valence-corrected chi connectivity index (χ0v) is 16.4. The molecule has 0 heterocycles. The van der Waals surface area contributed by atoms with Crippen LogP contribution in [0.4, 0.5) is 0 Å². The van der Waals surface area contributed by atoms with Crippen molar-refractivity contribution in [1.82, 2.24) is 0 Å². The smallest absolute Gasteiger partial charge is 0.306 e. The van der Waals surface area contributed by atoms with E-state index in [2.05, 4.69) is 13.8 Å². The largest absolute Gasteiger partial charge is 0.466 e. The maximum atomic E-state index is 11.9. The molecule has 0 N–H and O–H groups in total. The lowest BCUT2D eigenvalue weighted by atomic mass is 9.88. The van der Waals surface area contributed by atoms with Crippen LogP contribution in [-0.4, -0.2) is 24.6 Å². The molecule has 1 aliphatic rings. The molecule has 146 valence electrons. The topological polar surface area (TPSA) is 52.6 Å². The molecule has 4 nitrogen and oxygen atoms in total. The number of hydrogen-bond acceptors (Lipinski definition) is 4. The van der Waals surface area contributed by atoms with Crippen molar-refractivity contribution in [1.29, 1.82) is 0 Å². The van der Waals surface area contributed by atoms with Crippen LogP contribution in [0, 0.1) is 5.92 Å². The van der Waals surface area contributed by atoms with E-state index in [1.165, 1.54) is 32.1 Å². The van der Waals surface area contributed by atoms with Crippen molar-refractivity contribution in [3.63, 3.8) is 0 Å². The molecule has 1 aliphatic carbocycles. The van der Waals surface area contributed by atoms with E-state index in [1.807, 2.05) is 0 Å². The van der Waals surface area contributed by atoms with Crippen LogP contribution in [-0.2, 0) is 19.1 Å². The third-order valence-electron chi connectivity index (χ3n) is 5.09. The molecule has 0 spiro atoms. The molecule has 0 aromatic rings. The normalized spacial score (nSPS) is 20.2. The Morgan fingerprint density at radius 1 is 0.840 bits per heavy atom. The molecule has 0 amide bonds. The number of unbranched alkanes of at least 4 members (excludes halogenated alkanes) is 6. The van der Waals surface area contributed by atoms with Crippen LogP contribution >= 0.6 is 0 Å². The van der Waals surface area contributed by atoms with Gasteiger partial charge in [-0.1, -0.05) is 52.4 Å². The second-order valence-electron chi connectivity index (χ2n) is 7.49. The summed E-state index contributed by atoms with van der Waals surface area (Å²) in [6, 6.07) is 0. The van der Waals surface area contributed by atoms with Crippen molar-refractivity contribution >= 4 is 11.9 Å². The SMILES string of the molecule is CCCCCCCCOC(=O)CCCCC(=O)OC1CCCCC1C. The highest BCUT2D eigenvalue weighted by Crippen LogP contribution is 2.26. The van der Waals surface area contributed by atoms with E-state index in [1.54, 1.807) is 0 Å². The summed E-state index contributed by atoms with van der Waals surface area (Å²) in [6.45, 7) is 4.90. The maximum Gasteiger partial charge on any atom is 0.306 e. The zero-order chi connectivity index (χ0) is 18.3. The molecule has 0 saturated heterocycles. The number of esters is 2. The van der Waals surface area contributed by atoms with Crippen LogP contribution in [0.15, 0.2) is 0 Å². The Balaban J connectivity index is 1.94. The van der Waals surface area contributed by atoms with Gasteiger partial charge in [0.2, 0.25) is 0 Å². The molecule has 1 fully saturated rings. The summed E-state index contributed by atoms with van der Waals surface area (Å²) >= 11 is 0. The molecule has 1 rings (SSSR count). The number of carbonyl (C=O) groups is 2. The quantitative estimate of drug-likeness (QED) is 0.320. The van der Waals surface area contributed by atoms with E-state index in [0.717, 1.165) is 32.1 Å². The third kappa shape index (κ3) is 11.2. The minimum absolute atomic E-state index is 0.101. The van der Waals surface area contributed by atoms with Crippen LogP contribution in [0.25, 0.3) is 0 Å². The Kier molecular flexibility index (Phi) is 12.4. The van der Waals surface area contributed by atoms with Crippen LogP contribution in [0.1, 0.15) is 104 Å². The van der Waals surface area contributed by atoms with Gasteiger partial charge < -0.3 is 9.47 Å². The average Bonchev–Trinajstić information content (AvgIpc) is 2.60. The Hall–Kier alpha value is -1.06. The Bertz CT molecular complexity index is 367. The molecule has 0 aliphatic heterocycles. The molecule has 0 bridgehead atoms. The van der Waals surface area contributed by atoms with Gasteiger partial charge in [0.15, 0.2) is 0 Å². The lowest BCUT2D eigenvalue weighted by Gasteiger charge is -2.28. The van der Waals surface area contributed by atoms with E-state index in [0.29, 0.717) is 38.2 Å². The van der Waals surface area contributed by atoms with E-state index in [4.69, 9.17) is 9.47 Å². The van der Waals surface area contributed by atoms with E-state index >= 15 is 0 Å². The first-order valence-corrected chi connectivity index (χ1v) is 10.5. The van der Waals surface area contributed by atoms with Gasteiger partial charge in [-0.25, -0.2) is 0 Å². The van der Waals surface area contributed by atoms with Crippen molar-refractivity contribution in [2.75, 3.05) is 6.61 Å². The predicted octanol–water partition coefficient (Wildman–Crippen LogP) is 5.57. The molecule has 0 aromatic carbocycles. The highest BCUT2D eigenvalue weighted by molar-refractivity contribution is 5.70. The Morgan fingerprint density at radius 3 is 2.20 bits per heavy atom. The lowest BCUT2D eigenvalue weighted by molar-refractivity contribution is -0.153. The molecule has 2 atom stereocenters. The van der Waals surface area contributed by atoms with Gasteiger partial charge >= 0.3 is 11.9 Å². The fraction of sp³-hybridized carbons (Fsp3) is 0.905. The van der Waals surface area contributed by atoms with Crippen LogP contribution in [0.3, 0.4) is 0 Å². The van der Waals surface area contributed by atoms with Gasteiger partial charge in [-0.15, -0.1) is 0 Å². The van der Waals surface area contributed by atoms with Gasteiger partial charge in [0.1, 0.15) is 6.10 Å². The molecule has 25 heavy (non-hydrogen) atoms. The van der Waals surface area contributed by atoms with Crippen molar-refractivity contribution in [2.24, 2.45) is 5.92 Å². The lowest BCUT2D eigenvalue weighted by Crippen LogP contribution is -2.28. The van der Waals surface area contributed by atoms with Crippen molar-refractivity contribution in [3.8, 4) is 0 Å². The summed E-state index contributed by atoms with van der Waals surface area (Å²) in [6.07, 6.45) is 14.0. The monoisotopic (exact) mass is 354 g/mol. The predicted molar refractivity (Wildman–Crippen MR) is 100 cm³/mol. The molecular weight excluding hydrogens is 316 g/mol.